The third kappa shape index (κ3) is 4.08. The number of nitrogens with zero attached hydrogens (tertiary/aromatic N) is 1. The van der Waals surface area contributed by atoms with Gasteiger partial charge in [-0.05, 0) is 25.3 Å². The summed E-state index contributed by atoms with van der Waals surface area (Å²) in [5, 5.41) is 11.1. The average molecular weight is 220 g/mol. The van der Waals surface area contributed by atoms with Gasteiger partial charge in [0.2, 0.25) is 0 Å². The largest absolute Gasteiger partial charge is 0.405 e. The van der Waals surface area contributed by atoms with Crippen molar-refractivity contribution >= 4 is 0 Å². The maximum Gasteiger partial charge on any atom is 0.405 e. The van der Waals surface area contributed by atoms with Gasteiger partial charge in [-0.1, -0.05) is 12.8 Å². The lowest BCUT2D eigenvalue weighted by Gasteiger charge is -2.15. The second-order valence-electron chi connectivity index (χ2n) is 4.03. The van der Waals surface area contributed by atoms with E-state index in [-0.39, 0.29) is 6.54 Å². The van der Waals surface area contributed by atoms with Gasteiger partial charge >= 0.3 is 6.18 Å². The Morgan fingerprint density at radius 1 is 1.33 bits per heavy atom. The smallest absolute Gasteiger partial charge is 0.315 e. The molecule has 1 N–H and O–H groups in total. The monoisotopic (exact) mass is 220 g/mol. The zero-order valence-electron chi connectivity index (χ0n) is 8.48. The molecular weight excluding hydrogens is 205 g/mol. The fourth-order valence-electron chi connectivity index (χ4n) is 1.88. The Morgan fingerprint density at radius 2 is 1.93 bits per heavy atom. The van der Waals surface area contributed by atoms with Crippen molar-refractivity contribution in [2.45, 2.75) is 31.9 Å². The Morgan fingerprint density at radius 3 is 2.40 bits per heavy atom. The first-order valence-electron chi connectivity index (χ1n) is 5.21. The summed E-state index contributed by atoms with van der Waals surface area (Å²) in [4.78, 5) is 0. The van der Waals surface area contributed by atoms with Crippen LogP contribution in [0.2, 0.25) is 0 Å². The van der Waals surface area contributed by atoms with Crippen molar-refractivity contribution in [2.75, 3.05) is 13.1 Å². The number of nitriles is 1. The molecule has 0 spiro atoms. The minimum Gasteiger partial charge on any atom is -0.315 e. The number of hydrogen-bond acceptors (Lipinski definition) is 2. The summed E-state index contributed by atoms with van der Waals surface area (Å²) in [6.45, 7) is 0.324. The van der Waals surface area contributed by atoms with Gasteiger partial charge < -0.3 is 5.32 Å². The van der Waals surface area contributed by atoms with Crippen molar-refractivity contribution in [3.05, 3.63) is 0 Å². The maximum atomic E-state index is 12.2. The van der Waals surface area contributed by atoms with E-state index in [1.807, 2.05) is 0 Å². The highest BCUT2D eigenvalue weighted by atomic mass is 19.4. The fraction of sp³-hybridized carbons (Fsp3) is 0.900. The third-order valence-electron chi connectivity index (χ3n) is 2.81. The van der Waals surface area contributed by atoms with Crippen LogP contribution in [0.25, 0.3) is 0 Å². The SMILES string of the molecule is N#CC(CNCC1CCCC1)C(F)(F)F. The van der Waals surface area contributed by atoms with Crippen LogP contribution in [0.4, 0.5) is 13.2 Å². The second-order valence-corrected chi connectivity index (χ2v) is 4.03. The van der Waals surface area contributed by atoms with Crippen LogP contribution in [0.1, 0.15) is 25.7 Å². The van der Waals surface area contributed by atoms with Crippen molar-refractivity contribution in [3.8, 4) is 6.07 Å². The molecule has 0 amide bonds. The lowest BCUT2D eigenvalue weighted by atomic mass is 10.1. The Bertz CT molecular complexity index is 226. The zero-order chi connectivity index (χ0) is 11.3. The molecule has 15 heavy (non-hydrogen) atoms. The number of halogens is 3. The lowest BCUT2D eigenvalue weighted by Crippen LogP contribution is -2.34. The quantitative estimate of drug-likeness (QED) is 0.790. The highest BCUT2D eigenvalue weighted by molar-refractivity contribution is 4.90. The molecule has 1 unspecified atom stereocenters. The van der Waals surface area contributed by atoms with Gasteiger partial charge in [0.05, 0.1) is 6.07 Å². The molecule has 2 nitrogen and oxygen atoms in total. The van der Waals surface area contributed by atoms with Crippen LogP contribution in [-0.2, 0) is 0 Å². The molecule has 0 saturated heterocycles. The molecule has 1 rings (SSSR count). The van der Waals surface area contributed by atoms with Gasteiger partial charge in [0.1, 0.15) is 0 Å². The molecule has 5 heteroatoms. The minimum absolute atomic E-state index is 0.281. The van der Waals surface area contributed by atoms with Gasteiger partial charge in [0.25, 0.3) is 0 Å². The molecule has 0 aliphatic heterocycles. The van der Waals surface area contributed by atoms with Crippen LogP contribution in [0, 0.1) is 23.2 Å². The zero-order valence-corrected chi connectivity index (χ0v) is 8.48. The van der Waals surface area contributed by atoms with Gasteiger partial charge in [-0.15, -0.1) is 0 Å². The molecule has 1 aliphatic rings. The number of hydrogen-bond donors (Lipinski definition) is 1. The lowest BCUT2D eigenvalue weighted by molar-refractivity contribution is -0.157. The molecule has 0 radical (unpaired) electrons. The Labute approximate surface area is 87.5 Å². The van der Waals surface area contributed by atoms with E-state index in [4.69, 9.17) is 5.26 Å². The van der Waals surface area contributed by atoms with Gasteiger partial charge in [0, 0.05) is 6.54 Å². The van der Waals surface area contributed by atoms with E-state index in [1.165, 1.54) is 18.9 Å². The van der Waals surface area contributed by atoms with Gasteiger partial charge in [-0.2, -0.15) is 18.4 Å². The molecule has 1 atom stereocenters. The van der Waals surface area contributed by atoms with E-state index in [0.29, 0.717) is 12.5 Å². The normalized spacial score (nSPS) is 20.1. The summed E-state index contributed by atoms with van der Waals surface area (Å²) in [5.74, 6) is -1.38. The van der Waals surface area contributed by atoms with Gasteiger partial charge in [0.15, 0.2) is 5.92 Å². The van der Waals surface area contributed by atoms with Crippen LogP contribution in [-0.4, -0.2) is 19.3 Å². The molecule has 1 aliphatic carbocycles. The van der Waals surface area contributed by atoms with Crippen LogP contribution >= 0.6 is 0 Å². The summed E-state index contributed by atoms with van der Waals surface area (Å²) >= 11 is 0. The predicted molar refractivity (Wildman–Crippen MR) is 50.0 cm³/mol. The van der Waals surface area contributed by atoms with Crippen molar-refractivity contribution < 1.29 is 13.2 Å². The molecule has 0 aromatic rings. The van der Waals surface area contributed by atoms with E-state index in [9.17, 15) is 13.2 Å². The number of alkyl halides is 3. The first-order chi connectivity index (χ1) is 7.04. The molecule has 0 aromatic carbocycles. The Hall–Kier alpha value is -0.760. The summed E-state index contributed by atoms with van der Waals surface area (Å²) in [7, 11) is 0. The van der Waals surface area contributed by atoms with Crippen molar-refractivity contribution in [1.82, 2.24) is 5.32 Å². The molecule has 1 saturated carbocycles. The molecular formula is C10H15F3N2. The van der Waals surface area contributed by atoms with Crippen molar-refractivity contribution in [3.63, 3.8) is 0 Å². The van der Waals surface area contributed by atoms with E-state index >= 15 is 0 Å². The molecule has 0 heterocycles. The molecule has 1 fully saturated rings. The van der Waals surface area contributed by atoms with Crippen molar-refractivity contribution in [2.24, 2.45) is 11.8 Å². The maximum absolute atomic E-state index is 12.2. The fourth-order valence-corrected chi connectivity index (χ4v) is 1.88. The molecule has 0 aromatic heterocycles. The molecule has 0 bridgehead atoms. The Balaban J connectivity index is 2.20. The van der Waals surface area contributed by atoms with E-state index in [0.717, 1.165) is 12.8 Å². The first-order valence-corrected chi connectivity index (χ1v) is 5.21. The highest BCUT2D eigenvalue weighted by Crippen LogP contribution is 2.26. The van der Waals surface area contributed by atoms with Gasteiger partial charge in [-0.3, -0.25) is 0 Å². The second kappa shape index (κ2) is 5.36. The number of nitrogens with one attached hydrogen (secondary N) is 1. The summed E-state index contributed by atoms with van der Waals surface area (Å²) in [6.07, 6.45) is 0.129. The summed E-state index contributed by atoms with van der Waals surface area (Å²) in [6, 6.07) is 1.28. The topological polar surface area (TPSA) is 35.8 Å². The van der Waals surface area contributed by atoms with Crippen LogP contribution in [0.15, 0.2) is 0 Å². The van der Waals surface area contributed by atoms with E-state index in [2.05, 4.69) is 5.32 Å². The number of rotatable bonds is 4. The average Bonchev–Trinajstić information content (AvgIpc) is 2.62. The summed E-state index contributed by atoms with van der Waals surface area (Å²) < 4.78 is 36.5. The Kier molecular flexibility index (Phi) is 4.40. The summed E-state index contributed by atoms with van der Waals surface area (Å²) in [5.41, 5.74) is 0. The van der Waals surface area contributed by atoms with Crippen molar-refractivity contribution in [1.29, 1.82) is 5.26 Å². The van der Waals surface area contributed by atoms with Gasteiger partial charge in [-0.25, -0.2) is 0 Å². The predicted octanol–water partition coefficient (Wildman–Crippen LogP) is 2.47. The van der Waals surface area contributed by atoms with Crippen LogP contribution < -0.4 is 5.32 Å². The van der Waals surface area contributed by atoms with Crippen LogP contribution in [0.3, 0.4) is 0 Å². The first kappa shape index (κ1) is 12.3. The minimum atomic E-state index is -4.41. The highest BCUT2D eigenvalue weighted by Gasteiger charge is 2.39. The van der Waals surface area contributed by atoms with Crippen LogP contribution in [0.5, 0.6) is 0 Å². The van der Waals surface area contributed by atoms with E-state index < -0.39 is 12.1 Å². The molecule has 86 valence electrons. The standard InChI is InChI=1S/C10H15F3N2/c11-10(12,13)9(5-14)7-15-6-8-3-1-2-4-8/h8-9,15H,1-4,6-7H2. The third-order valence-corrected chi connectivity index (χ3v) is 2.81. The van der Waals surface area contributed by atoms with E-state index in [1.54, 1.807) is 0 Å².